The molecule has 1 atom stereocenters. The number of unbranched alkanes of at least 4 members (excludes halogenated alkanes) is 12. The summed E-state index contributed by atoms with van der Waals surface area (Å²) in [5, 5.41) is 20.4. The highest BCUT2D eigenvalue weighted by Gasteiger charge is 2.36. The first-order valence-corrected chi connectivity index (χ1v) is 13.5. The zero-order valence-corrected chi connectivity index (χ0v) is 21.5. The molecule has 0 aliphatic carbocycles. The topological polar surface area (TPSA) is 79.1 Å². The van der Waals surface area contributed by atoms with Gasteiger partial charge in [0.1, 0.15) is 5.57 Å². The van der Waals surface area contributed by atoms with Crippen molar-refractivity contribution in [1.82, 2.24) is 0 Å². The highest BCUT2D eigenvalue weighted by Crippen LogP contribution is 2.25. The predicted octanol–water partition coefficient (Wildman–Crippen LogP) is 7.49. The van der Waals surface area contributed by atoms with Gasteiger partial charge in [-0.25, -0.2) is 4.79 Å². The summed E-state index contributed by atoms with van der Waals surface area (Å²) in [5.74, 6) is -0.821. The molecular formula is C28H42ClNO4. The minimum Gasteiger partial charge on any atom is -0.507 e. The monoisotopic (exact) mass is 491 g/mol. The molecule has 0 fully saturated rings. The summed E-state index contributed by atoms with van der Waals surface area (Å²) in [6, 6.07) is 7.40. The van der Waals surface area contributed by atoms with Crippen LogP contribution in [0.1, 0.15) is 102 Å². The Morgan fingerprint density at radius 1 is 0.912 bits per heavy atom. The number of aliphatic imine (C=N–C) groups is 1. The first kappa shape index (κ1) is 28.4. The second kappa shape index (κ2) is 16.7. The van der Waals surface area contributed by atoms with Gasteiger partial charge in [-0.3, -0.25) is 4.99 Å². The second-order valence-corrected chi connectivity index (χ2v) is 9.66. The average Bonchev–Trinajstić information content (AvgIpc) is 3.13. The molecule has 34 heavy (non-hydrogen) atoms. The van der Waals surface area contributed by atoms with Gasteiger partial charge in [-0.2, -0.15) is 0 Å². The van der Waals surface area contributed by atoms with E-state index in [1.165, 1.54) is 64.2 Å². The van der Waals surface area contributed by atoms with Gasteiger partial charge in [-0.1, -0.05) is 108 Å². The maximum absolute atomic E-state index is 12.3. The summed E-state index contributed by atoms with van der Waals surface area (Å²) in [6.45, 7) is 2.20. The number of esters is 1. The van der Waals surface area contributed by atoms with Crippen LogP contribution in [0.3, 0.4) is 0 Å². The Morgan fingerprint density at radius 2 is 1.44 bits per heavy atom. The lowest BCUT2D eigenvalue weighted by molar-refractivity contribution is -0.141. The molecule has 0 radical (unpaired) electrons. The van der Waals surface area contributed by atoms with Crippen molar-refractivity contribution < 1.29 is 19.7 Å². The number of nitrogens with zero attached hydrogens (tertiary/aromatic N) is 1. The first-order chi connectivity index (χ1) is 16.6. The first-order valence-electron chi connectivity index (χ1n) is 13.1. The van der Waals surface area contributed by atoms with Crippen molar-refractivity contribution in [2.24, 2.45) is 4.99 Å². The molecule has 1 aromatic rings. The van der Waals surface area contributed by atoms with Crippen molar-refractivity contribution in [3.05, 3.63) is 46.2 Å². The van der Waals surface area contributed by atoms with Crippen molar-refractivity contribution in [3.63, 3.8) is 0 Å². The van der Waals surface area contributed by atoms with Gasteiger partial charge in [0.25, 0.3) is 0 Å². The van der Waals surface area contributed by atoms with Crippen molar-refractivity contribution in [1.29, 1.82) is 0 Å². The molecule has 2 rings (SSSR count). The minimum absolute atomic E-state index is 0.118. The van der Waals surface area contributed by atoms with E-state index in [2.05, 4.69) is 11.9 Å². The fourth-order valence-electron chi connectivity index (χ4n) is 4.27. The third-order valence-electron chi connectivity index (χ3n) is 6.35. The minimum atomic E-state index is -0.991. The zero-order valence-electron chi connectivity index (χ0n) is 20.7. The van der Waals surface area contributed by atoms with E-state index in [-0.39, 0.29) is 11.3 Å². The molecule has 6 heteroatoms. The summed E-state index contributed by atoms with van der Waals surface area (Å²) in [5.41, 5.74) is 1.64. The van der Waals surface area contributed by atoms with Crippen LogP contribution in [0.4, 0.5) is 0 Å². The highest BCUT2D eigenvalue weighted by molar-refractivity contribution is 6.30. The number of ether oxygens (including phenoxy) is 1. The summed E-state index contributed by atoms with van der Waals surface area (Å²) >= 11 is 5.96. The molecule has 1 aliphatic heterocycles. The molecular weight excluding hydrogens is 450 g/mol. The lowest BCUT2D eigenvalue weighted by atomic mass is 10.0. The van der Waals surface area contributed by atoms with Crippen LogP contribution in [0.25, 0.3) is 0 Å². The maximum atomic E-state index is 12.3. The number of cyclic esters (lactones) is 1. The van der Waals surface area contributed by atoms with Crippen molar-refractivity contribution in [2.45, 2.75) is 109 Å². The number of hydrogen-bond donors (Lipinski definition) is 2. The molecule has 0 saturated carbocycles. The lowest BCUT2D eigenvalue weighted by Gasteiger charge is -2.08. The van der Waals surface area contributed by atoms with Gasteiger partial charge in [-0.05, 0) is 30.5 Å². The molecule has 0 amide bonds. The summed E-state index contributed by atoms with van der Waals surface area (Å²) in [6.07, 6.45) is 16.1. The molecule has 0 bridgehead atoms. The van der Waals surface area contributed by atoms with E-state index in [0.717, 1.165) is 24.8 Å². The van der Waals surface area contributed by atoms with Crippen LogP contribution in [0.2, 0.25) is 5.02 Å². The van der Waals surface area contributed by atoms with Crippen molar-refractivity contribution in [3.8, 4) is 0 Å². The van der Waals surface area contributed by atoms with Gasteiger partial charge in [0.05, 0.1) is 18.9 Å². The molecule has 0 aromatic heterocycles. The van der Waals surface area contributed by atoms with Crippen molar-refractivity contribution >= 4 is 23.3 Å². The SMILES string of the molecule is CCCCCCCCCCCCCCCC(=NCc1ccc(Cl)cc1)C1=C(O)C(CO)OC1=O. The summed E-state index contributed by atoms with van der Waals surface area (Å²) in [7, 11) is 0. The van der Waals surface area contributed by atoms with E-state index >= 15 is 0 Å². The Labute approximate surface area is 210 Å². The molecule has 190 valence electrons. The predicted molar refractivity (Wildman–Crippen MR) is 140 cm³/mol. The van der Waals surface area contributed by atoms with Gasteiger partial charge in [-0.15, -0.1) is 0 Å². The molecule has 0 saturated heterocycles. The van der Waals surface area contributed by atoms with Crippen molar-refractivity contribution in [2.75, 3.05) is 6.61 Å². The van der Waals surface area contributed by atoms with Crippen LogP contribution in [-0.2, 0) is 16.1 Å². The molecule has 1 aromatic carbocycles. The van der Waals surface area contributed by atoms with Crippen LogP contribution in [-0.4, -0.2) is 34.6 Å². The summed E-state index contributed by atoms with van der Waals surface area (Å²) in [4.78, 5) is 17.0. The number of rotatable bonds is 18. The molecule has 1 heterocycles. The normalized spacial score (nSPS) is 16.4. The quantitative estimate of drug-likeness (QED) is 0.127. The van der Waals surface area contributed by atoms with Crippen LogP contribution < -0.4 is 0 Å². The highest BCUT2D eigenvalue weighted by atomic mass is 35.5. The van der Waals surface area contributed by atoms with Crippen LogP contribution in [0.15, 0.2) is 40.6 Å². The number of aliphatic hydroxyl groups excluding tert-OH is 2. The number of carbonyl (C=O) groups is 1. The Bertz CT molecular complexity index is 788. The van der Waals surface area contributed by atoms with E-state index in [1.54, 1.807) is 12.1 Å². The zero-order chi connectivity index (χ0) is 24.6. The average molecular weight is 492 g/mol. The number of benzene rings is 1. The van der Waals surface area contributed by atoms with E-state index in [4.69, 9.17) is 16.3 Å². The van der Waals surface area contributed by atoms with Gasteiger partial charge in [0.15, 0.2) is 11.9 Å². The maximum Gasteiger partial charge on any atom is 0.344 e. The molecule has 5 nitrogen and oxygen atoms in total. The summed E-state index contributed by atoms with van der Waals surface area (Å²) < 4.78 is 5.09. The number of hydrogen-bond acceptors (Lipinski definition) is 5. The molecule has 0 spiro atoms. The van der Waals surface area contributed by atoms with E-state index in [0.29, 0.717) is 23.7 Å². The van der Waals surface area contributed by atoms with Crippen LogP contribution in [0.5, 0.6) is 0 Å². The van der Waals surface area contributed by atoms with Gasteiger partial charge in [0, 0.05) is 5.02 Å². The molecule has 1 aliphatic rings. The standard InChI is InChI=1S/C28H42ClNO4/c1-2-3-4-5-6-7-8-9-10-11-12-13-14-15-24(26-27(32)25(21-31)34-28(26)33)30-20-22-16-18-23(29)19-17-22/h16-19,25,31-32H,2-15,20-21H2,1H3. The molecule has 1 unspecified atom stereocenters. The van der Waals surface area contributed by atoms with Crippen LogP contribution >= 0.6 is 11.6 Å². The van der Waals surface area contributed by atoms with E-state index in [1.807, 2.05) is 12.1 Å². The lowest BCUT2D eigenvalue weighted by Crippen LogP contribution is -2.15. The van der Waals surface area contributed by atoms with E-state index < -0.39 is 18.7 Å². The smallest absolute Gasteiger partial charge is 0.344 e. The number of carbonyl (C=O) groups excluding carboxylic acids is 1. The Hall–Kier alpha value is -1.85. The Kier molecular flexibility index (Phi) is 14.0. The largest absolute Gasteiger partial charge is 0.507 e. The van der Waals surface area contributed by atoms with Gasteiger partial charge >= 0.3 is 5.97 Å². The van der Waals surface area contributed by atoms with Gasteiger partial charge in [0.2, 0.25) is 0 Å². The fourth-order valence-corrected chi connectivity index (χ4v) is 4.39. The van der Waals surface area contributed by atoms with Crippen LogP contribution in [0, 0.1) is 0 Å². The third-order valence-corrected chi connectivity index (χ3v) is 6.60. The second-order valence-electron chi connectivity index (χ2n) is 9.22. The van der Waals surface area contributed by atoms with E-state index in [9.17, 15) is 15.0 Å². The Balaban J connectivity index is 1.76. The molecule has 2 N–H and O–H groups in total. The fraction of sp³-hybridized carbons (Fsp3) is 0.643. The Morgan fingerprint density at radius 3 is 1.94 bits per heavy atom. The number of halogens is 1. The number of aliphatic hydroxyl groups is 2. The third kappa shape index (κ3) is 10.2. The van der Waals surface area contributed by atoms with Gasteiger partial charge < -0.3 is 14.9 Å².